The number of aromatic nitrogens is 1. The third-order valence-electron chi connectivity index (χ3n) is 3.58. The Hall–Kier alpha value is -3.31. The lowest BCUT2D eigenvalue weighted by atomic mass is 9.92. The van der Waals surface area contributed by atoms with Gasteiger partial charge in [-0.2, -0.15) is 0 Å². The lowest BCUT2D eigenvalue weighted by Gasteiger charge is -2.19. The number of nitro benzene ring substituents is 1. The number of amides is 2. The van der Waals surface area contributed by atoms with Gasteiger partial charge in [0, 0.05) is 24.5 Å². The van der Waals surface area contributed by atoms with Crippen LogP contribution >= 0.6 is 0 Å². The first kappa shape index (κ1) is 25.7. The van der Waals surface area contributed by atoms with Crippen LogP contribution in [0.5, 0.6) is 0 Å². The molecular formula is C20H27BN4O6. The van der Waals surface area contributed by atoms with Gasteiger partial charge in [-0.1, -0.05) is 32.9 Å². The molecule has 0 spiro atoms. The molecule has 0 saturated carbocycles. The molecule has 0 aliphatic carbocycles. The highest BCUT2D eigenvalue weighted by Gasteiger charge is 2.22. The Morgan fingerprint density at radius 2 is 1.87 bits per heavy atom. The second-order valence-electron chi connectivity index (χ2n) is 7.34. The lowest BCUT2D eigenvalue weighted by molar-refractivity contribution is -0.384. The van der Waals surface area contributed by atoms with E-state index in [0.29, 0.717) is 5.56 Å². The fourth-order valence-corrected chi connectivity index (χ4v) is 2.31. The number of nitro groups is 1. The molecule has 1 heterocycles. The van der Waals surface area contributed by atoms with Gasteiger partial charge in [-0.15, -0.1) is 0 Å². The molecule has 1 atom stereocenters. The number of rotatable bonds is 8. The molecule has 0 fully saturated rings. The normalized spacial score (nSPS) is 11.0. The molecule has 0 aliphatic rings. The van der Waals surface area contributed by atoms with Crippen LogP contribution in [0.1, 0.15) is 49.2 Å². The van der Waals surface area contributed by atoms with Crippen molar-refractivity contribution < 1.29 is 24.6 Å². The van der Waals surface area contributed by atoms with Crippen LogP contribution in [0.3, 0.4) is 0 Å². The zero-order chi connectivity index (χ0) is 23.4. The number of hydrogen-bond acceptors (Lipinski definition) is 7. The first-order valence-corrected chi connectivity index (χ1v) is 9.68. The van der Waals surface area contributed by atoms with E-state index in [-0.39, 0.29) is 24.1 Å². The van der Waals surface area contributed by atoms with E-state index in [1.807, 2.05) is 0 Å². The molecule has 31 heavy (non-hydrogen) atoms. The maximum absolute atomic E-state index is 12.4. The zero-order valence-corrected chi connectivity index (χ0v) is 17.7. The van der Waals surface area contributed by atoms with E-state index in [0.717, 1.165) is 5.92 Å². The molecule has 166 valence electrons. The van der Waals surface area contributed by atoms with Crippen molar-refractivity contribution in [2.24, 2.45) is 5.92 Å². The van der Waals surface area contributed by atoms with Gasteiger partial charge in [0.1, 0.15) is 0 Å². The molecule has 2 amide bonds. The van der Waals surface area contributed by atoms with Gasteiger partial charge in [-0.05, 0) is 23.6 Å². The summed E-state index contributed by atoms with van der Waals surface area (Å²) in [6, 6.07) is 7.81. The first-order valence-electron chi connectivity index (χ1n) is 9.68. The van der Waals surface area contributed by atoms with Crippen molar-refractivity contribution in [1.29, 1.82) is 0 Å². The summed E-state index contributed by atoms with van der Waals surface area (Å²) in [5, 5.41) is 33.6. The van der Waals surface area contributed by atoms with Gasteiger partial charge < -0.3 is 20.7 Å². The lowest BCUT2D eigenvalue weighted by Crippen LogP contribution is -2.38. The van der Waals surface area contributed by atoms with Gasteiger partial charge in [0.05, 0.1) is 29.4 Å². The number of pyridine rings is 1. The summed E-state index contributed by atoms with van der Waals surface area (Å²) in [7, 11) is -1.71. The van der Waals surface area contributed by atoms with Crippen molar-refractivity contribution in [3.8, 4) is 0 Å². The molecule has 2 aromatic rings. The van der Waals surface area contributed by atoms with Gasteiger partial charge in [-0.3, -0.25) is 24.7 Å². The van der Waals surface area contributed by atoms with Crippen molar-refractivity contribution >= 4 is 24.6 Å². The SMILES string of the molecule is CC(C)C.O=C(CC(NC(=O)c1cccnc1)c1cccc([N+](=O)[O-])c1)NCB(O)O. The fraction of sp³-hybridized carbons (Fsp3) is 0.350. The largest absolute Gasteiger partial charge is 0.472 e. The molecule has 0 radical (unpaired) electrons. The minimum atomic E-state index is -1.71. The van der Waals surface area contributed by atoms with E-state index in [1.165, 1.54) is 36.7 Å². The molecule has 10 nitrogen and oxygen atoms in total. The number of hydrogen-bond donors (Lipinski definition) is 4. The maximum atomic E-state index is 12.4. The Morgan fingerprint density at radius 3 is 2.42 bits per heavy atom. The molecule has 1 aromatic carbocycles. The summed E-state index contributed by atoms with van der Waals surface area (Å²) in [5.41, 5.74) is 0.444. The molecule has 11 heteroatoms. The Bertz CT molecular complexity index is 861. The molecule has 1 aromatic heterocycles. The van der Waals surface area contributed by atoms with Crippen molar-refractivity contribution in [1.82, 2.24) is 15.6 Å². The second kappa shape index (κ2) is 13.1. The van der Waals surface area contributed by atoms with Gasteiger partial charge >= 0.3 is 7.12 Å². The highest BCUT2D eigenvalue weighted by atomic mass is 16.6. The monoisotopic (exact) mass is 430 g/mol. The number of non-ortho nitro benzene ring substituents is 1. The summed E-state index contributed by atoms with van der Waals surface area (Å²) in [4.78, 5) is 38.7. The van der Waals surface area contributed by atoms with E-state index < -0.39 is 29.9 Å². The van der Waals surface area contributed by atoms with Crippen LogP contribution in [-0.2, 0) is 4.79 Å². The molecule has 0 bridgehead atoms. The average Bonchev–Trinajstić information content (AvgIpc) is 2.72. The molecule has 0 aliphatic heterocycles. The van der Waals surface area contributed by atoms with Crippen LogP contribution < -0.4 is 10.6 Å². The van der Waals surface area contributed by atoms with Crippen LogP contribution in [0.4, 0.5) is 5.69 Å². The standard InChI is InChI=1S/C16H17BN4O6.C4H10/c22-15(19-10-17(24)25)8-14(11-3-1-5-13(7-11)21(26)27)20-16(23)12-4-2-6-18-9-12;1-4(2)3/h1-7,9,14,24-25H,8,10H2,(H,19,22)(H,20,23);4H,1-3H3. The Balaban J connectivity index is 0.00000110. The Morgan fingerprint density at radius 1 is 1.19 bits per heavy atom. The summed E-state index contributed by atoms with van der Waals surface area (Å²) in [6.07, 6.45) is 2.22. The Labute approximate surface area is 181 Å². The summed E-state index contributed by atoms with van der Waals surface area (Å²) < 4.78 is 0. The summed E-state index contributed by atoms with van der Waals surface area (Å²) >= 11 is 0. The number of benzene rings is 1. The molecule has 0 saturated heterocycles. The van der Waals surface area contributed by atoms with Crippen molar-refractivity contribution in [3.63, 3.8) is 0 Å². The first-order chi connectivity index (χ1) is 14.6. The third kappa shape index (κ3) is 10.3. The number of carbonyl (C=O) groups is 2. The topological polar surface area (TPSA) is 155 Å². The van der Waals surface area contributed by atoms with Gasteiger partial charge in [0.15, 0.2) is 0 Å². The average molecular weight is 430 g/mol. The zero-order valence-electron chi connectivity index (χ0n) is 17.7. The van der Waals surface area contributed by atoms with E-state index in [1.54, 1.807) is 12.1 Å². The van der Waals surface area contributed by atoms with E-state index in [2.05, 4.69) is 36.4 Å². The third-order valence-corrected chi connectivity index (χ3v) is 3.58. The van der Waals surface area contributed by atoms with Crippen molar-refractivity contribution in [3.05, 3.63) is 70.0 Å². The van der Waals surface area contributed by atoms with Crippen LogP contribution in [0.2, 0.25) is 0 Å². The van der Waals surface area contributed by atoms with Crippen LogP contribution in [0, 0.1) is 16.0 Å². The minimum Gasteiger partial charge on any atom is -0.426 e. The molecule has 2 rings (SSSR count). The molecule has 4 N–H and O–H groups in total. The number of nitrogens with zero attached hydrogens (tertiary/aromatic N) is 2. The van der Waals surface area contributed by atoms with Gasteiger partial charge in [-0.25, -0.2) is 0 Å². The van der Waals surface area contributed by atoms with Gasteiger partial charge in [0.25, 0.3) is 11.6 Å². The van der Waals surface area contributed by atoms with E-state index in [4.69, 9.17) is 10.0 Å². The summed E-state index contributed by atoms with van der Waals surface area (Å²) in [5.74, 6) is -0.235. The minimum absolute atomic E-state index is 0.181. The highest BCUT2D eigenvalue weighted by molar-refractivity contribution is 6.41. The Kier molecular flexibility index (Phi) is 10.9. The van der Waals surface area contributed by atoms with Crippen LogP contribution in [0.25, 0.3) is 0 Å². The summed E-state index contributed by atoms with van der Waals surface area (Å²) in [6.45, 7) is 6.50. The van der Waals surface area contributed by atoms with Crippen molar-refractivity contribution in [2.75, 3.05) is 6.44 Å². The van der Waals surface area contributed by atoms with E-state index in [9.17, 15) is 19.7 Å². The quantitative estimate of drug-likeness (QED) is 0.282. The van der Waals surface area contributed by atoms with Crippen LogP contribution in [0.15, 0.2) is 48.8 Å². The fourth-order valence-electron chi connectivity index (χ4n) is 2.31. The highest BCUT2D eigenvalue weighted by Crippen LogP contribution is 2.22. The van der Waals surface area contributed by atoms with Gasteiger partial charge in [0.2, 0.25) is 5.91 Å². The van der Waals surface area contributed by atoms with E-state index >= 15 is 0 Å². The predicted molar refractivity (Wildman–Crippen MR) is 116 cm³/mol. The smallest absolute Gasteiger partial charge is 0.426 e. The number of nitrogens with one attached hydrogen (secondary N) is 2. The molecule has 1 unspecified atom stereocenters. The predicted octanol–water partition coefficient (Wildman–Crippen LogP) is 1.64. The maximum Gasteiger partial charge on any atom is 0.472 e. The second-order valence-corrected chi connectivity index (χ2v) is 7.34. The number of carbonyl (C=O) groups excluding carboxylic acids is 2. The van der Waals surface area contributed by atoms with Crippen molar-refractivity contribution in [2.45, 2.75) is 33.2 Å². The molecular weight excluding hydrogens is 403 g/mol. The van der Waals surface area contributed by atoms with Crippen LogP contribution in [-0.4, -0.2) is 45.3 Å².